The van der Waals surface area contributed by atoms with E-state index in [0.717, 1.165) is 98.4 Å². The van der Waals surface area contributed by atoms with Crippen LogP contribution in [0.15, 0.2) is 242 Å². The molecule has 1 aliphatic carbocycles. The van der Waals surface area contributed by atoms with Gasteiger partial charge in [0, 0.05) is 40.6 Å². The summed E-state index contributed by atoms with van der Waals surface area (Å²) in [6.07, 6.45) is 11.8. The maximum absolute atomic E-state index is 13.6. The number of allylic oxidation sites excluding steroid dienone is 1. The van der Waals surface area contributed by atoms with Gasteiger partial charge in [-0.3, -0.25) is 14.8 Å². The lowest BCUT2D eigenvalue weighted by Crippen LogP contribution is -2.25. The van der Waals surface area contributed by atoms with E-state index in [-0.39, 0.29) is 11.8 Å². The van der Waals surface area contributed by atoms with Crippen LogP contribution in [0.5, 0.6) is 0 Å². The Balaban J connectivity index is 0.943. The average molecular weight is 912 g/mol. The zero-order valence-corrected chi connectivity index (χ0v) is 39.2. The molecular formula is C67H49N3O. The fourth-order valence-corrected chi connectivity index (χ4v) is 10.5. The molecule has 0 bridgehead atoms. The Morgan fingerprint density at radius 3 is 1.49 bits per heavy atom. The number of nitrogens with zero attached hydrogens (tertiary/aromatic N) is 3. The molecule has 4 nitrogen and oxygen atoms in total. The maximum atomic E-state index is 13.6. The normalized spacial score (nSPS) is 13.5. The molecule has 3 heterocycles. The number of aryl methyl sites for hydroxylation is 4. The number of carbonyl (C=O) groups is 1. The first-order chi connectivity index (χ1) is 35.1. The topological polar surface area (TPSA) is 55.2 Å². The number of fused-ring (bicyclic) bond motifs is 5. The first kappa shape index (κ1) is 43.4. The Kier molecular flexibility index (Phi) is 11.8. The minimum absolute atomic E-state index is 0.0957. The molecule has 10 aromatic rings. The van der Waals surface area contributed by atoms with Crippen molar-refractivity contribution in [2.45, 2.75) is 31.6 Å². The van der Waals surface area contributed by atoms with Crippen LogP contribution in [0, 0.1) is 0 Å². The van der Waals surface area contributed by atoms with Crippen LogP contribution in [-0.2, 0) is 25.7 Å². The molecule has 1 atom stereocenters. The molecule has 4 heteroatoms. The van der Waals surface area contributed by atoms with E-state index in [0.29, 0.717) is 5.56 Å². The number of amides is 1. The number of carbonyl (C=O) groups excluding carboxylic acids is 1. The fourth-order valence-electron chi connectivity index (χ4n) is 10.5. The van der Waals surface area contributed by atoms with Crippen molar-refractivity contribution in [2.75, 3.05) is 0 Å². The van der Waals surface area contributed by atoms with E-state index in [1.54, 1.807) is 0 Å². The van der Waals surface area contributed by atoms with Crippen molar-refractivity contribution in [3.63, 3.8) is 0 Å². The van der Waals surface area contributed by atoms with Gasteiger partial charge in [0.1, 0.15) is 0 Å². The maximum Gasteiger partial charge on any atom is 0.277 e. The molecule has 0 spiro atoms. The molecule has 0 fully saturated rings. The van der Waals surface area contributed by atoms with Crippen LogP contribution in [0.4, 0.5) is 0 Å². The SMILES string of the molecule is O=C1N=C2c3ccc(-c4ccccc4-c4cc(CCc5ccc(-c6ccccn6)cc5)cc(CCc5ccc(-c6ccccn6)cc5)c4)c(-c4ccc(-c5ccccc5)cc4)c3C=CC2c2ccccc21. The highest BCUT2D eigenvalue weighted by Gasteiger charge is 2.33. The molecule has 0 saturated carbocycles. The van der Waals surface area contributed by atoms with Crippen molar-refractivity contribution >= 4 is 17.7 Å². The Bertz CT molecular complexity index is 3510. The Morgan fingerprint density at radius 2 is 0.873 bits per heavy atom. The number of hydrogen-bond donors (Lipinski definition) is 0. The smallest absolute Gasteiger partial charge is 0.267 e. The predicted octanol–water partition coefficient (Wildman–Crippen LogP) is 15.8. The highest BCUT2D eigenvalue weighted by Crippen LogP contribution is 2.46. The van der Waals surface area contributed by atoms with Crippen LogP contribution in [0.2, 0.25) is 0 Å². The minimum Gasteiger partial charge on any atom is -0.267 e. The van der Waals surface area contributed by atoms with Crippen molar-refractivity contribution in [1.29, 1.82) is 0 Å². The van der Waals surface area contributed by atoms with Gasteiger partial charge in [0.2, 0.25) is 0 Å². The summed E-state index contributed by atoms with van der Waals surface area (Å²) >= 11 is 0. The van der Waals surface area contributed by atoms with Gasteiger partial charge in [-0.25, -0.2) is 4.99 Å². The van der Waals surface area contributed by atoms with Crippen LogP contribution in [0.1, 0.15) is 55.2 Å². The average Bonchev–Trinajstić information content (AvgIpc) is 3.45. The molecule has 2 aliphatic rings. The molecule has 0 N–H and O–H groups in total. The van der Waals surface area contributed by atoms with Gasteiger partial charge in [-0.15, -0.1) is 0 Å². The monoisotopic (exact) mass is 911 g/mol. The number of aromatic nitrogens is 2. The molecule has 0 radical (unpaired) electrons. The zero-order valence-electron chi connectivity index (χ0n) is 39.2. The zero-order chi connectivity index (χ0) is 47.5. The molecule has 12 rings (SSSR count). The summed E-state index contributed by atoms with van der Waals surface area (Å²) in [5.74, 6) is -0.281. The number of benzene rings is 8. The van der Waals surface area contributed by atoms with Gasteiger partial charge >= 0.3 is 0 Å². The van der Waals surface area contributed by atoms with Crippen molar-refractivity contribution < 1.29 is 4.79 Å². The van der Waals surface area contributed by atoms with Crippen molar-refractivity contribution in [1.82, 2.24) is 9.97 Å². The van der Waals surface area contributed by atoms with Crippen molar-refractivity contribution in [2.24, 2.45) is 4.99 Å². The summed E-state index contributed by atoms with van der Waals surface area (Å²) < 4.78 is 0. The minimum atomic E-state index is -0.185. The highest BCUT2D eigenvalue weighted by atomic mass is 16.1. The van der Waals surface area contributed by atoms with E-state index in [4.69, 9.17) is 4.99 Å². The predicted molar refractivity (Wildman–Crippen MR) is 291 cm³/mol. The number of pyridine rings is 2. The summed E-state index contributed by atoms with van der Waals surface area (Å²) in [4.78, 5) is 27.5. The van der Waals surface area contributed by atoms with Crippen LogP contribution in [-0.4, -0.2) is 21.6 Å². The van der Waals surface area contributed by atoms with Gasteiger partial charge in [0.15, 0.2) is 0 Å². The summed E-state index contributed by atoms with van der Waals surface area (Å²) in [5.41, 5.74) is 23.2. The molecule has 0 saturated heterocycles. The first-order valence-corrected chi connectivity index (χ1v) is 24.6. The third-order valence-electron chi connectivity index (χ3n) is 14.1. The van der Waals surface area contributed by atoms with E-state index in [2.05, 4.69) is 198 Å². The van der Waals surface area contributed by atoms with Crippen LogP contribution in [0.25, 0.3) is 73.1 Å². The summed E-state index contributed by atoms with van der Waals surface area (Å²) in [5, 5.41) is 0. The van der Waals surface area contributed by atoms with Gasteiger partial charge in [-0.05, 0) is 134 Å². The largest absolute Gasteiger partial charge is 0.277 e. The van der Waals surface area contributed by atoms with Crippen LogP contribution in [0.3, 0.4) is 0 Å². The van der Waals surface area contributed by atoms with E-state index < -0.39 is 0 Å². The van der Waals surface area contributed by atoms with Crippen LogP contribution >= 0.6 is 0 Å². The van der Waals surface area contributed by atoms with E-state index in [9.17, 15) is 4.79 Å². The Morgan fingerprint density at radius 1 is 0.366 bits per heavy atom. The standard InChI is InChI=1S/C67H49N3O/c71-67-62-17-7-6-16-57(62)60-38-37-59-61(66(60)70-67)39-36-58(65(59)53-34-32-50(33-35-53)49-12-2-1-3-13-49)56-15-5-4-14-55(56)54-43-47(22-20-45-24-28-51(29-25-45)63-18-8-10-40-68-63)42-48(44-54)23-21-46-26-30-52(31-27-46)64-19-9-11-41-69-64/h1-19,24-44,60H,20-23H2. The highest BCUT2D eigenvalue weighted by molar-refractivity contribution is 6.22. The second-order valence-electron chi connectivity index (χ2n) is 18.5. The number of hydrogen-bond acceptors (Lipinski definition) is 3. The quantitative estimate of drug-likeness (QED) is 0.123. The molecular weight excluding hydrogens is 863 g/mol. The van der Waals surface area contributed by atoms with Gasteiger partial charge < -0.3 is 0 Å². The van der Waals surface area contributed by atoms with Crippen LogP contribution < -0.4 is 0 Å². The third kappa shape index (κ3) is 8.88. The molecule has 8 aromatic carbocycles. The Hall–Kier alpha value is -8.86. The van der Waals surface area contributed by atoms with E-state index in [1.807, 2.05) is 54.9 Å². The van der Waals surface area contributed by atoms with Crippen molar-refractivity contribution in [3.05, 3.63) is 281 Å². The third-order valence-corrected chi connectivity index (χ3v) is 14.1. The second kappa shape index (κ2) is 19.3. The van der Waals surface area contributed by atoms with Gasteiger partial charge in [0.25, 0.3) is 5.91 Å². The molecule has 1 unspecified atom stereocenters. The molecule has 71 heavy (non-hydrogen) atoms. The van der Waals surface area contributed by atoms with Gasteiger partial charge in [0.05, 0.1) is 17.1 Å². The first-order valence-electron chi connectivity index (χ1n) is 24.6. The lowest BCUT2D eigenvalue weighted by atomic mass is 9.76. The summed E-state index contributed by atoms with van der Waals surface area (Å²) in [6.45, 7) is 0. The van der Waals surface area contributed by atoms with Crippen molar-refractivity contribution in [3.8, 4) is 67.0 Å². The van der Waals surface area contributed by atoms with E-state index in [1.165, 1.54) is 38.9 Å². The Labute approximate surface area is 415 Å². The molecule has 2 aromatic heterocycles. The summed E-state index contributed by atoms with van der Waals surface area (Å²) in [7, 11) is 0. The number of aliphatic imine (C=N–C) groups is 1. The van der Waals surface area contributed by atoms with Gasteiger partial charge in [-0.2, -0.15) is 0 Å². The van der Waals surface area contributed by atoms with E-state index >= 15 is 0 Å². The van der Waals surface area contributed by atoms with Gasteiger partial charge in [-0.1, -0.05) is 200 Å². The lowest BCUT2D eigenvalue weighted by molar-refractivity contribution is 0.0999. The molecule has 1 amide bonds. The molecule has 338 valence electrons. The number of rotatable bonds is 12. The lowest BCUT2D eigenvalue weighted by Gasteiger charge is -2.29. The fraction of sp³-hybridized carbons (Fsp3) is 0.0746. The summed E-state index contributed by atoms with van der Waals surface area (Å²) in [6, 6.07) is 77.7. The second-order valence-corrected chi connectivity index (χ2v) is 18.5. The molecule has 1 aliphatic heterocycles.